The number of ether oxygens (including phenoxy) is 1. The molecule has 0 fully saturated rings. The van der Waals surface area contributed by atoms with E-state index in [-0.39, 0.29) is 16.2 Å². The van der Waals surface area contributed by atoms with E-state index in [1.54, 1.807) is 13.1 Å². The second kappa shape index (κ2) is 5.97. The van der Waals surface area contributed by atoms with Gasteiger partial charge in [-0.15, -0.1) is 0 Å². The van der Waals surface area contributed by atoms with Crippen LogP contribution in [0.4, 0.5) is 0 Å². The van der Waals surface area contributed by atoms with E-state index >= 15 is 0 Å². The predicted molar refractivity (Wildman–Crippen MR) is 79.3 cm³/mol. The van der Waals surface area contributed by atoms with E-state index in [2.05, 4.69) is 25.8 Å². The molecule has 0 aromatic rings. The molecular weight excluding hydrogens is 280 g/mol. The summed E-state index contributed by atoms with van der Waals surface area (Å²) in [6, 6.07) is 0. The first-order chi connectivity index (χ1) is 9.15. The SMILES string of the molecule is CN=C(/C=C(\C)C(C)(C)C)N1C(=O)C(OC)=C(Cl)C1O. The first kappa shape index (κ1) is 16.7. The number of aliphatic hydroxyl groups excluding tert-OH is 1. The molecule has 0 aromatic carbocycles. The van der Waals surface area contributed by atoms with E-state index in [4.69, 9.17) is 16.3 Å². The standard InChI is InChI=1S/C14H21ClN2O3/c1-8(14(2,3)4)7-9(16-5)17-12(18)10(15)11(20-6)13(17)19/h7,12,18H,1-6H3/b8-7+,16-9?. The molecule has 1 unspecified atom stereocenters. The smallest absolute Gasteiger partial charge is 0.298 e. The first-order valence-corrected chi connectivity index (χ1v) is 6.63. The van der Waals surface area contributed by atoms with Crippen LogP contribution >= 0.6 is 11.6 Å². The minimum atomic E-state index is -1.26. The number of carbonyl (C=O) groups is 1. The maximum Gasteiger partial charge on any atom is 0.298 e. The lowest BCUT2D eigenvalue weighted by Crippen LogP contribution is -2.40. The molecule has 6 heteroatoms. The maximum absolute atomic E-state index is 12.2. The molecule has 1 N–H and O–H groups in total. The van der Waals surface area contributed by atoms with E-state index < -0.39 is 12.1 Å². The van der Waals surface area contributed by atoms with Crippen LogP contribution in [0.1, 0.15) is 27.7 Å². The first-order valence-electron chi connectivity index (χ1n) is 6.26. The summed E-state index contributed by atoms with van der Waals surface area (Å²) in [7, 11) is 2.89. The molecule has 0 saturated heterocycles. The Kier molecular flexibility index (Phi) is 5.00. The molecule has 0 radical (unpaired) electrons. The predicted octanol–water partition coefficient (Wildman–Crippen LogP) is 2.26. The van der Waals surface area contributed by atoms with Crippen LogP contribution in [0.3, 0.4) is 0 Å². The van der Waals surface area contributed by atoms with Gasteiger partial charge in [-0.3, -0.25) is 14.7 Å². The van der Waals surface area contributed by atoms with Gasteiger partial charge in [-0.05, 0) is 18.4 Å². The molecule has 0 saturated carbocycles. The molecule has 112 valence electrons. The van der Waals surface area contributed by atoms with Gasteiger partial charge in [0.15, 0.2) is 6.23 Å². The van der Waals surface area contributed by atoms with Gasteiger partial charge in [-0.2, -0.15) is 0 Å². The van der Waals surface area contributed by atoms with E-state index in [0.29, 0.717) is 5.84 Å². The molecule has 1 heterocycles. The third-order valence-electron chi connectivity index (χ3n) is 3.31. The Balaban J connectivity index is 3.16. The van der Waals surface area contributed by atoms with Gasteiger partial charge in [0.05, 0.1) is 7.11 Å². The second-order valence-electron chi connectivity index (χ2n) is 5.59. The van der Waals surface area contributed by atoms with E-state index in [1.165, 1.54) is 7.11 Å². The van der Waals surface area contributed by atoms with Gasteiger partial charge < -0.3 is 9.84 Å². The molecule has 1 amide bonds. The Bertz CT molecular complexity index is 501. The van der Waals surface area contributed by atoms with E-state index in [9.17, 15) is 9.90 Å². The molecule has 0 aromatic heterocycles. The normalized spacial score (nSPS) is 21.9. The van der Waals surface area contributed by atoms with Gasteiger partial charge in [0.2, 0.25) is 5.76 Å². The van der Waals surface area contributed by atoms with Gasteiger partial charge in [0.25, 0.3) is 5.91 Å². The molecule has 20 heavy (non-hydrogen) atoms. The summed E-state index contributed by atoms with van der Waals surface area (Å²) in [5.41, 5.74) is 0.963. The minimum Gasteiger partial charge on any atom is -0.490 e. The molecule has 0 spiro atoms. The van der Waals surface area contributed by atoms with Crippen molar-refractivity contribution in [1.82, 2.24) is 4.90 Å². The summed E-state index contributed by atoms with van der Waals surface area (Å²) in [5, 5.41) is 10.0. The molecule has 1 rings (SSSR count). The number of aliphatic hydroxyl groups is 1. The fraction of sp³-hybridized carbons (Fsp3) is 0.571. The average molecular weight is 301 g/mol. The number of allylic oxidation sites excluding steroid dienone is 1. The van der Waals surface area contributed by atoms with Crippen LogP contribution in [-0.4, -0.2) is 42.1 Å². The van der Waals surface area contributed by atoms with E-state index in [1.807, 2.05) is 6.92 Å². The monoisotopic (exact) mass is 300 g/mol. The van der Waals surface area contributed by atoms with Crippen molar-refractivity contribution < 1.29 is 14.6 Å². The number of amides is 1. The number of nitrogens with zero attached hydrogens (tertiary/aromatic N) is 2. The Morgan fingerprint density at radius 2 is 2.05 bits per heavy atom. The number of carbonyl (C=O) groups excluding carboxylic acids is 1. The number of hydrogen-bond donors (Lipinski definition) is 1. The lowest BCUT2D eigenvalue weighted by Gasteiger charge is -2.24. The van der Waals surface area contributed by atoms with Gasteiger partial charge in [0, 0.05) is 7.05 Å². The molecular formula is C14H21ClN2O3. The highest BCUT2D eigenvalue weighted by atomic mass is 35.5. The quantitative estimate of drug-likeness (QED) is 0.628. The number of halogens is 1. The summed E-state index contributed by atoms with van der Waals surface area (Å²) in [6.07, 6.45) is 0.506. The zero-order valence-corrected chi connectivity index (χ0v) is 13.4. The summed E-state index contributed by atoms with van der Waals surface area (Å²) in [5.74, 6) is -0.203. The third kappa shape index (κ3) is 3.04. The highest BCUT2D eigenvalue weighted by molar-refractivity contribution is 6.34. The average Bonchev–Trinajstić information content (AvgIpc) is 2.56. The molecule has 0 bridgehead atoms. The Morgan fingerprint density at radius 3 is 2.40 bits per heavy atom. The van der Waals surface area contributed by atoms with Crippen molar-refractivity contribution >= 4 is 23.3 Å². The van der Waals surface area contributed by atoms with Gasteiger partial charge >= 0.3 is 0 Å². The Hall–Kier alpha value is -1.33. The van der Waals surface area contributed by atoms with Crippen LogP contribution < -0.4 is 0 Å². The summed E-state index contributed by atoms with van der Waals surface area (Å²) in [6.45, 7) is 8.12. The largest absolute Gasteiger partial charge is 0.490 e. The van der Waals surface area contributed by atoms with Crippen LogP contribution in [0, 0.1) is 5.41 Å². The van der Waals surface area contributed by atoms with Gasteiger partial charge in [-0.25, -0.2) is 0 Å². The molecule has 5 nitrogen and oxygen atoms in total. The zero-order valence-electron chi connectivity index (χ0n) is 12.7. The summed E-state index contributed by atoms with van der Waals surface area (Å²) < 4.78 is 4.92. The molecule has 1 atom stereocenters. The topological polar surface area (TPSA) is 62.1 Å². The molecule has 0 aliphatic carbocycles. The van der Waals surface area contributed by atoms with Crippen molar-refractivity contribution in [3.05, 3.63) is 22.4 Å². The second-order valence-corrected chi connectivity index (χ2v) is 6.00. The number of rotatable bonds is 2. The third-order valence-corrected chi connectivity index (χ3v) is 3.68. The van der Waals surface area contributed by atoms with Crippen molar-refractivity contribution in [3.8, 4) is 0 Å². The maximum atomic E-state index is 12.2. The van der Waals surface area contributed by atoms with E-state index in [0.717, 1.165) is 10.5 Å². The van der Waals surface area contributed by atoms with Crippen LogP contribution in [-0.2, 0) is 9.53 Å². The lowest BCUT2D eigenvalue weighted by molar-refractivity contribution is -0.128. The van der Waals surface area contributed by atoms with Crippen LogP contribution in [0.25, 0.3) is 0 Å². The lowest BCUT2D eigenvalue weighted by atomic mass is 9.87. The van der Waals surface area contributed by atoms with Crippen molar-refractivity contribution in [2.24, 2.45) is 10.4 Å². The Morgan fingerprint density at radius 1 is 1.50 bits per heavy atom. The van der Waals surface area contributed by atoms with Gasteiger partial charge in [-0.1, -0.05) is 37.9 Å². The van der Waals surface area contributed by atoms with Crippen molar-refractivity contribution in [3.63, 3.8) is 0 Å². The summed E-state index contributed by atoms with van der Waals surface area (Å²) >= 11 is 5.91. The van der Waals surface area contributed by atoms with Crippen molar-refractivity contribution in [1.29, 1.82) is 0 Å². The van der Waals surface area contributed by atoms with Gasteiger partial charge in [0.1, 0.15) is 10.9 Å². The highest BCUT2D eigenvalue weighted by Crippen LogP contribution is 2.30. The summed E-state index contributed by atoms with van der Waals surface area (Å²) in [4.78, 5) is 17.4. The number of methoxy groups -OCH3 is 1. The fourth-order valence-corrected chi connectivity index (χ4v) is 1.87. The molecule has 1 aliphatic rings. The number of hydrogen-bond acceptors (Lipinski definition) is 4. The number of amidine groups is 1. The molecule has 1 aliphatic heterocycles. The zero-order chi connectivity index (χ0) is 15.7. The Labute approximate surface area is 124 Å². The van der Waals surface area contributed by atoms with Crippen LogP contribution in [0.5, 0.6) is 0 Å². The minimum absolute atomic E-state index is 0.0274. The highest BCUT2D eigenvalue weighted by Gasteiger charge is 2.41. The number of aliphatic imine (C=N–C) groups is 1. The van der Waals surface area contributed by atoms with Crippen molar-refractivity contribution in [2.75, 3.05) is 14.2 Å². The van der Waals surface area contributed by atoms with Crippen molar-refractivity contribution in [2.45, 2.75) is 33.9 Å². The fourth-order valence-electron chi connectivity index (χ4n) is 1.62. The van der Waals surface area contributed by atoms with Crippen LogP contribution in [0.15, 0.2) is 27.4 Å². The van der Waals surface area contributed by atoms with Crippen LogP contribution in [0.2, 0.25) is 0 Å².